The van der Waals surface area contributed by atoms with E-state index >= 15 is 0 Å². The first-order chi connectivity index (χ1) is 26.6. The van der Waals surface area contributed by atoms with Crippen molar-refractivity contribution < 1.29 is 4.42 Å². The molecule has 256 valence electrons. The highest BCUT2D eigenvalue weighted by Gasteiger charge is 2.38. The molecule has 1 aliphatic rings. The van der Waals surface area contributed by atoms with E-state index in [0.29, 0.717) is 0 Å². The summed E-state index contributed by atoms with van der Waals surface area (Å²) in [7, 11) is 0. The third-order valence-electron chi connectivity index (χ3n) is 11.6. The SMILES string of the molecule is CC1(C)c2ccccc2-c2c(N(c3ccc4c(c3)c3ccccc3n4-c3ccc(-c4ccccc4)cc3)c3cccc4oc5ccccc5c34)cccc21. The Bertz CT molecular complexity index is 3070. The molecule has 3 nitrogen and oxygen atoms in total. The first kappa shape index (κ1) is 30.8. The van der Waals surface area contributed by atoms with Crippen molar-refractivity contribution in [1.29, 1.82) is 0 Å². The summed E-state index contributed by atoms with van der Waals surface area (Å²) in [5.74, 6) is 0. The van der Waals surface area contributed by atoms with Crippen LogP contribution in [0.5, 0.6) is 0 Å². The molecule has 11 rings (SSSR count). The van der Waals surface area contributed by atoms with Crippen molar-refractivity contribution in [3.8, 4) is 27.9 Å². The molecule has 0 amide bonds. The number of hydrogen-bond donors (Lipinski definition) is 0. The summed E-state index contributed by atoms with van der Waals surface area (Å²) in [6.45, 7) is 4.70. The van der Waals surface area contributed by atoms with Crippen molar-refractivity contribution in [3.05, 3.63) is 193 Å². The molecule has 10 aromatic rings. The first-order valence-electron chi connectivity index (χ1n) is 18.7. The fraction of sp³-hybridized carbons (Fsp3) is 0.0588. The standard InChI is InChI=1S/C51H36N2O/c1-51(2)41-19-9-6-17-38(41)49-42(51)20-12-22-45(49)53(46-23-13-25-48-50(46)39-18-8-11-24-47(39)54-48)36-30-31-44-40(32-36)37-16-7-10-21-43(37)52(44)35-28-26-34(27-29-35)33-14-4-3-5-15-33/h3-32H,1-2H3. The van der Waals surface area contributed by atoms with Crippen molar-refractivity contribution in [2.45, 2.75) is 19.3 Å². The highest BCUT2D eigenvalue weighted by molar-refractivity contribution is 6.15. The number of nitrogens with zero attached hydrogens (tertiary/aromatic N) is 2. The lowest BCUT2D eigenvalue weighted by molar-refractivity contribution is 0.660. The zero-order chi connectivity index (χ0) is 36.0. The smallest absolute Gasteiger partial charge is 0.137 e. The predicted molar refractivity (Wildman–Crippen MR) is 226 cm³/mol. The van der Waals surface area contributed by atoms with Crippen LogP contribution in [-0.4, -0.2) is 4.57 Å². The minimum Gasteiger partial charge on any atom is -0.456 e. The van der Waals surface area contributed by atoms with Crippen LogP contribution in [0.4, 0.5) is 17.1 Å². The summed E-state index contributed by atoms with van der Waals surface area (Å²) in [6, 6.07) is 65.9. The molecule has 0 saturated carbocycles. The highest BCUT2D eigenvalue weighted by Crippen LogP contribution is 2.55. The van der Waals surface area contributed by atoms with Crippen molar-refractivity contribution >= 4 is 60.8 Å². The van der Waals surface area contributed by atoms with Gasteiger partial charge in [-0.15, -0.1) is 0 Å². The van der Waals surface area contributed by atoms with Crippen molar-refractivity contribution in [3.63, 3.8) is 0 Å². The summed E-state index contributed by atoms with van der Waals surface area (Å²) in [4.78, 5) is 2.47. The molecule has 3 heteroatoms. The van der Waals surface area contributed by atoms with Gasteiger partial charge in [-0.2, -0.15) is 0 Å². The Morgan fingerprint density at radius 3 is 2.00 bits per heavy atom. The van der Waals surface area contributed by atoms with E-state index in [-0.39, 0.29) is 5.41 Å². The molecule has 0 fully saturated rings. The number of fused-ring (bicyclic) bond motifs is 9. The monoisotopic (exact) mass is 692 g/mol. The zero-order valence-electron chi connectivity index (χ0n) is 30.1. The lowest BCUT2D eigenvalue weighted by Gasteiger charge is -2.29. The van der Waals surface area contributed by atoms with Crippen LogP contribution in [0.15, 0.2) is 186 Å². The number of hydrogen-bond acceptors (Lipinski definition) is 2. The quantitative estimate of drug-likeness (QED) is 0.179. The van der Waals surface area contributed by atoms with Gasteiger partial charge in [-0.1, -0.05) is 135 Å². The minimum atomic E-state index is -0.130. The molecule has 54 heavy (non-hydrogen) atoms. The van der Waals surface area contributed by atoms with Gasteiger partial charge >= 0.3 is 0 Å². The van der Waals surface area contributed by atoms with Gasteiger partial charge in [-0.05, 0) is 88.5 Å². The zero-order valence-corrected chi connectivity index (χ0v) is 30.1. The molecule has 2 heterocycles. The van der Waals surface area contributed by atoms with Crippen molar-refractivity contribution in [2.75, 3.05) is 4.90 Å². The molecular formula is C51H36N2O. The first-order valence-corrected chi connectivity index (χ1v) is 18.7. The van der Waals surface area contributed by atoms with Gasteiger partial charge < -0.3 is 13.9 Å². The van der Waals surface area contributed by atoms with E-state index in [2.05, 4.69) is 199 Å². The second-order valence-corrected chi connectivity index (χ2v) is 14.9. The number of furan rings is 1. The molecule has 2 aromatic heterocycles. The van der Waals surface area contributed by atoms with Gasteiger partial charge in [0, 0.05) is 38.5 Å². The van der Waals surface area contributed by atoms with E-state index in [1.54, 1.807) is 0 Å². The van der Waals surface area contributed by atoms with Crippen LogP contribution in [0.1, 0.15) is 25.0 Å². The Balaban J connectivity index is 1.18. The summed E-state index contributed by atoms with van der Waals surface area (Å²) >= 11 is 0. The molecule has 0 atom stereocenters. The number of para-hydroxylation sites is 2. The Hall–Kier alpha value is -6.84. The van der Waals surface area contributed by atoms with Gasteiger partial charge in [0.05, 0.1) is 27.8 Å². The lowest BCUT2D eigenvalue weighted by Crippen LogP contribution is -2.16. The molecular weight excluding hydrogens is 657 g/mol. The third kappa shape index (κ3) is 4.42. The maximum atomic E-state index is 6.48. The molecule has 0 radical (unpaired) electrons. The third-order valence-corrected chi connectivity index (χ3v) is 11.6. The minimum absolute atomic E-state index is 0.130. The van der Waals surface area contributed by atoms with Crippen LogP contribution >= 0.6 is 0 Å². The van der Waals surface area contributed by atoms with E-state index in [0.717, 1.165) is 44.7 Å². The van der Waals surface area contributed by atoms with E-state index in [1.807, 2.05) is 6.07 Å². The largest absolute Gasteiger partial charge is 0.456 e. The molecule has 0 N–H and O–H groups in total. The number of benzene rings is 8. The highest BCUT2D eigenvalue weighted by atomic mass is 16.3. The summed E-state index contributed by atoms with van der Waals surface area (Å²) in [5.41, 5.74) is 16.2. The molecule has 0 aliphatic heterocycles. The number of rotatable bonds is 5. The van der Waals surface area contributed by atoms with E-state index < -0.39 is 0 Å². The summed E-state index contributed by atoms with van der Waals surface area (Å²) < 4.78 is 8.88. The van der Waals surface area contributed by atoms with Crippen LogP contribution in [0.3, 0.4) is 0 Å². The van der Waals surface area contributed by atoms with Crippen molar-refractivity contribution in [2.24, 2.45) is 0 Å². The van der Waals surface area contributed by atoms with Crippen molar-refractivity contribution in [1.82, 2.24) is 4.57 Å². The molecule has 0 bridgehead atoms. The average Bonchev–Trinajstić information content (AvgIpc) is 3.85. The second kappa shape index (κ2) is 11.6. The van der Waals surface area contributed by atoms with E-state index in [9.17, 15) is 0 Å². The summed E-state index contributed by atoms with van der Waals surface area (Å²) in [6.07, 6.45) is 0. The van der Waals surface area contributed by atoms with Crippen LogP contribution < -0.4 is 4.90 Å². The van der Waals surface area contributed by atoms with E-state index in [1.165, 1.54) is 55.2 Å². The molecule has 0 unspecified atom stereocenters. The number of anilines is 3. The lowest BCUT2D eigenvalue weighted by atomic mass is 9.82. The Kier molecular flexibility index (Phi) is 6.60. The fourth-order valence-corrected chi connectivity index (χ4v) is 9.08. The van der Waals surface area contributed by atoms with Gasteiger partial charge in [-0.3, -0.25) is 0 Å². The molecule has 8 aromatic carbocycles. The normalized spacial score (nSPS) is 13.1. The van der Waals surface area contributed by atoms with Crippen LogP contribution in [0.25, 0.3) is 71.7 Å². The van der Waals surface area contributed by atoms with Gasteiger partial charge in [0.1, 0.15) is 11.2 Å². The maximum absolute atomic E-state index is 6.48. The van der Waals surface area contributed by atoms with Crippen LogP contribution in [0, 0.1) is 0 Å². The Labute approximate surface area is 314 Å². The van der Waals surface area contributed by atoms with Crippen LogP contribution in [-0.2, 0) is 5.41 Å². The Morgan fingerprint density at radius 1 is 0.481 bits per heavy atom. The molecule has 1 aliphatic carbocycles. The fourth-order valence-electron chi connectivity index (χ4n) is 9.08. The maximum Gasteiger partial charge on any atom is 0.137 e. The van der Waals surface area contributed by atoms with Gasteiger partial charge in [-0.25, -0.2) is 0 Å². The summed E-state index contributed by atoms with van der Waals surface area (Å²) in [5, 5.41) is 4.64. The average molecular weight is 693 g/mol. The van der Waals surface area contributed by atoms with Gasteiger partial charge in [0.2, 0.25) is 0 Å². The van der Waals surface area contributed by atoms with Gasteiger partial charge in [0.25, 0.3) is 0 Å². The van der Waals surface area contributed by atoms with Gasteiger partial charge in [0.15, 0.2) is 0 Å². The number of aromatic nitrogens is 1. The predicted octanol–water partition coefficient (Wildman–Crippen LogP) is 14.1. The molecule has 0 spiro atoms. The Morgan fingerprint density at radius 2 is 1.13 bits per heavy atom. The second-order valence-electron chi connectivity index (χ2n) is 14.9. The van der Waals surface area contributed by atoms with E-state index in [4.69, 9.17) is 4.42 Å². The molecule has 0 saturated heterocycles. The topological polar surface area (TPSA) is 21.3 Å². The van der Waals surface area contributed by atoms with Crippen LogP contribution in [0.2, 0.25) is 0 Å².